The van der Waals surface area contributed by atoms with Crippen molar-refractivity contribution >= 4 is 10.0 Å². The molecule has 1 aromatic carbocycles. The summed E-state index contributed by atoms with van der Waals surface area (Å²) >= 11 is 0. The van der Waals surface area contributed by atoms with Crippen molar-refractivity contribution in [1.29, 1.82) is 0 Å². The van der Waals surface area contributed by atoms with Crippen molar-refractivity contribution in [2.45, 2.75) is 24.7 Å². The minimum absolute atomic E-state index is 0.155. The van der Waals surface area contributed by atoms with Crippen molar-refractivity contribution in [3.63, 3.8) is 0 Å². The molecule has 1 rings (SSSR count). The number of sulfonamides is 1. The Kier molecular flexibility index (Phi) is 5.86. The van der Waals surface area contributed by atoms with E-state index in [9.17, 15) is 8.42 Å². The molecule has 0 aliphatic heterocycles. The molecule has 0 saturated carbocycles. The number of hydrogen-bond donors (Lipinski definition) is 2. The second kappa shape index (κ2) is 7.17. The summed E-state index contributed by atoms with van der Waals surface area (Å²) in [5.41, 5.74) is 0.399. The van der Waals surface area contributed by atoms with Crippen LogP contribution in [0, 0.1) is 11.8 Å². The van der Waals surface area contributed by atoms with Gasteiger partial charge in [0.1, 0.15) is 6.61 Å². The van der Waals surface area contributed by atoms with Gasteiger partial charge in [0.05, 0.1) is 4.90 Å². The molecular weight excluding hydrogens is 250 g/mol. The highest BCUT2D eigenvalue weighted by Gasteiger charge is 2.16. The van der Waals surface area contributed by atoms with E-state index in [1.807, 2.05) is 6.92 Å². The third-order valence-corrected chi connectivity index (χ3v) is 3.82. The molecule has 0 atom stereocenters. The molecule has 0 saturated heterocycles. The average molecular weight is 267 g/mol. The highest BCUT2D eigenvalue weighted by atomic mass is 32.2. The standard InChI is InChI=1S/C13H17NO3S/c1-2-3-10-14-18(16,17)13-9-5-4-7-12(13)8-6-11-15/h4-5,7,9,14-15H,2-3,10-11H2,1H3. The predicted molar refractivity (Wildman–Crippen MR) is 70.5 cm³/mol. The van der Waals surface area contributed by atoms with E-state index in [2.05, 4.69) is 16.6 Å². The Morgan fingerprint density at radius 1 is 1.33 bits per heavy atom. The molecule has 0 aliphatic rings. The van der Waals surface area contributed by atoms with Crippen LogP contribution >= 0.6 is 0 Å². The fourth-order valence-corrected chi connectivity index (χ4v) is 2.63. The molecule has 0 spiro atoms. The maximum atomic E-state index is 12.0. The molecule has 0 amide bonds. The predicted octanol–water partition coefficient (Wildman–Crippen LogP) is 1.11. The van der Waals surface area contributed by atoms with Crippen molar-refractivity contribution < 1.29 is 13.5 Å². The first-order chi connectivity index (χ1) is 8.61. The van der Waals surface area contributed by atoms with Crippen LogP contribution in [0.5, 0.6) is 0 Å². The van der Waals surface area contributed by atoms with Gasteiger partial charge in [0.15, 0.2) is 0 Å². The molecule has 0 heterocycles. The Morgan fingerprint density at radius 3 is 2.72 bits per heavy atom. The lowest BCUT2D eigenvalue weighted by atomic mass is 10.2. The topological polar surface area (TPSA) is 66.4 Å². The molecule has 98 valence electrons. The van der Waals surface area contributed by atoms with E-state index in [-0.39, 0.29) is 11.5 Å². The number of nitrogens with one attached hydrogen (secondary N) is 1. The molecule has 0 unspecified atom stereocenters. The van der Waals surface area contributed by atoms with E-state index in [1.54, 1.807) is 18.2 Å². The summed E-state index contributed by atoms with van der Waals surface area (Å²) in [7, 11) is -3.53. The van der Waals surface area contributed by atoms with Gasteiger partial charge in [-0.15, -0.1) is 0 Å². The van der Waals surface area contributed by atoms with E-state index in [0.717, 1.165) is 12.8 Å². The van der Waals surface area contributed by atoms with Crippen LogP contribution in [0.1, 0.15) is 25.3 Å². The third-order valence-electron chi connectivity index (χ3n) is 2.30. The van der Waals surface area contributed by atoms with E-state index >= 15 is 0 Å². The molecule has 0 radical (unpaired) electrons. The maximum Gasteiger partial charge on any atom is 0.241 e. The van der Waals surface area contributed by atoms with Crippen molar-refractivity contribution in [1.82, 2.24) is 4.72 Å². The fourth-order valence-electron chi connectivity index (χ4n) is 1.40. The summed E-state index contributed by atoms with van der Waals surface area (Å²) in [6.07, 6.45) is 1.72. The zero-order valence-corrected chi connectivity index (χ0v) is 11.1. The van der Waals surface area contributed by atoms with Gasteiger partial charge in [-0.1, -0.05) is 37.3 Å². The highest BCUT2D eigenvalue weighted by molar-refractivity contribution is 7.89. The summed E-state index contributed by atoms with van der Waals surface area (Å²) in [5, 5.41) is 8.66. The molecule has 4 nitrogen and oxygen atoms in total. The van der Waals surface area contributed by atoms with Gasteiger partial charge in [0.2, 0.25) is 10.0 Å². The molecule has 2 N–H and O–H groups in total. The second-order valence-electron chi connectivity index (χ2n) is 3.71. The summed E-state index contributed by atoms with van der Waals surface area (Å²) in [6, 6.07) is 6.50. The number of aliphatic hydroxyl groups excluding tert-OH is 1. The van der Waals surface area contributed by atoms with Crippen LogP contribution in [0.15, 0.2) is 29.2 Å². The van der Waals surface area contributed by atoms with Crippen LogP contribution in [0.2, 0.25) is 0 Å². The Labute approximate surface area is 108 Å². The monoisotopic (exact) mass is 267 g/mol. The summed E-state index contributed by atoms with van der Waals surface area (Å²) in [6.45, 7) is 2.12. The van der Waals surface area contributed by atoms with Gasteiger partial charge in [-0.25, -0.2) is 13.1 Å². The van der Waals surface area contributed by atoms with Gasteiger partial charge in [-0.05, 0) is 18.6 Å². The smallest absolute Gasteiger partial charge is 0.241 e. The van der Waals surface area contributed by atoms with E-state index in [1.165, 1.54) is 6.07 Å². The molecule has 0 aromatic heterocycles. The molecule has 0 bridgehead atoms. The first-order valence-corrected chi connectivity index (χ1v) is 7.28. The number of rotatable bonds is 5. The van der Waals surface area contributed by atoms with Crippen molar-refractivity contribution in [3.05, 3.63) is 29.8 Å². The quantitative estimate of drug-likeness (QED) is 0.620. The van der Waals surface area contributed by atoms with Gasteiger partial charge in [-0.2, -0.15) is 0 Å². The minimum Gasteiger partial charge on any atom is -0.384 e. The molecule has 0 aliphatic carbocycles. The fraction of sp³-hybridized carbons (Fsp3) is 0.385. The van der Waals surface area contributed by atoms with Crippen LogP contribution in [0.3, 0.4) is 0 Å². The van der Waals surface area contributed by atoms with Gasteiger partial charge >= 0.3 is 0 Å². The van der Waals surface area contributed by atoms with Crippen LogP contribution in [0.25, 0.3) is 0 Å². The number of benzene rings is 1. The Balaban J connectivity index is 3.01. The summed E-state index contributed by atoms with van der Waals surface area (Å²) < 4.78 is 26.6. The number of unbranched alkanes of at least 4 members (excludes halogenated alkanes) is 1. The van der Waals surface area contributed by atoms with Crippen molar-refractivity contribution in [2.75, 3.05) is 13.2 Å². The Bertz CT molecular complexity index is 541. The van der Waals surface area contributed by atoms with Gasteiger partial charge < -0.3 is 5.11 Å². The van der Waals surface area contributed by atoms with E-state index < -0.39 is 10.0 Å². The van der Waals surface area contributed by atoms with Gasteiger partial charge in [0.25, 0.3) is 0 Å². The average Bonchev–Trinajstić information content (AvgIpc) is 2.37. The van der Waals surface area contributed by atoms with Crippen molar-refractivity contribution in [3.8, 4) is 11.8 Å². The Hall–Kier alpha value is -1.35. The lowest BCUT2D eigenvalue weighted by molar-refractivity contribution is 0.350. The zero-order valence-electron chi connectivity index (χ0n) is 10.3. The SMILES string of the molecule is CCCCNS(=O)(=O)c1ccccc1C#CCO. The molecule has 5 heteroatoms. The zero-order chi connectivity index (χ0) is 13.4. The maximum absolute atomic E-state index is 12.0. The molecule has 1 aromatic rings. The lowest BCUT2D eigenvalue weighted by Crippen LogP contribution is -2.25. The Morgan fingerprint density at radius 2 is 2.06 bits per heavy atom. The highest BCUT2D eigenvalue weighted by Crippen LogP contribution is 2.14. The van der Waals surface area contributed by atoms with Crippen LogP contribution in [-0.4, -0.2) is 26.7 Å². The second-order valence-corrected chi connectivity index (χ2v) is 5.44. The first-order valence-electron chi connectivity index (χ1n) is 5.80. The third kappa shape index (κ3) is 4.15. The van der Waals surface area contributed by atoms with E-state index in [0.29, 0.717) is 12.1 Å². The molecular formula is C13H17NO3S. The minimum atomic E-state index is -3.53. The van der Waals surface area contributed by atoms with Crippen LogP contribution in [0.4, 0.5) is 0 Å². The number of hydrogen-bond acceptors (Lipinski definition) is 3. The first kappa shape index (κ1) is 14.7. The molecule has 18 heavy (non-hydrogen) atoms. The summed E-state index contributed by atoms with van der Waals surface area (Å²) in [5.74, 6) is 5.10. The normalized spacial score (nSPS) is 10.8. The lowest BCUT2D eigenvalue weighted by Gasteiger charge is -2.07. The van der Waals surface area contributed by atoms with Crippen molar-refractivity contribution in [2.24, 2.45) is 0 Å². The molecule has 0 fully saturated rings. The van der Waals surface area contributed by atoms with Gasteiger partial charge in [-0.3, -0.25) is 0 Å². The van der Waals surface area contributed by atoms with Gasteiger partial charge in [0, 0.05) is 12.1 Å². The number of aliphatic hydroxyl groups is 1. The van der Waals surface area contributed by atoms with Crippen LogP contribution in [-0.2, 0) is 10.0 Å². The van der Waals surface area contributed by atoms with E-state index in [4.69, 9.17) is 5.11 Å². The largest absolute Gasteiger partial charge is 0.384 e. The summed E-state index contributed by atoms with van der Waals surface area (Å²) in [4.78, 5) is 0.155. The van der Waals surface area contributed by atoms with Crippen LogP contribution < -0.4 is 4.72 Å².